The Hall–Kier alpha value is -1.50. The van der Waals surface area contributed by atoms with E-state index in [0.717, 1.165) is 17.8 Å². The third kappa shape index (κ3) is 3.58. The summed E-state index contributed by atoms with van der Waals surface area (Å²) in [6.45, 7) is 14.1. The highest BCUT2D eigenvalue weighted by molar-refractivity contribution is 5.61. The van der Waals surface area contributed by atoms with Gasteiger partial charge in [0.25, 0.3) is 0 Å². The van der Waals surface area contributed by atoms with Crippen molar-refractivity contribution in [1.82, 2.24) is 0 Å². The topological polar surface area (TPSA) is 12.0 Å². The Morgan fingerprint density at radius 3 is 2.62 bits per heavy atom. The first-order chi connectivity index (χ1) is 7.52. The number of rotatable bonds is 5. The van der Waals surface area contributed by atoms with Gasteiger partial charge in [-0.25, -0.2) is 0 Å². The normalized spacial score (nSPS) is 10.2. The quantitative estimate of drug-likeness (QED) is 0.764. The summed E-state index contributed by atoms with van der Waals surface area (Å²) in [5, 5.41) is 3.22. The molecule has 0 amide bonds. The monoisotopic (exact) mass is 215 g/mol. The molecule has 1 aromatic rings. The zero-order chi connectivity index (χ0) is 12.1. The molecule has 1 heteroatoms. The van der Waals surface area contributed by atoms with Crippen molar-refractivity contribution >= 4 is 11.8 Å². The molecule has 16 heavy (non-hydrogen) atoms. The van der Waals surface area contributed by atoms with Crippen LogP contribution in [0.25, 0.3) is 6.08 Å². The van der Waals surface area contributed by atoms with Crippen molar-refractivity contribution in [3.8, 4) is 0 Å². The molecule has 1 aromatic carbocycles. The Bertz CT molecular complexity index is 388. The average Bonchev–Trinajstić information content (AvgIpc) is 2.18. The molecule has 0 fully saturated rings. The minimum Gasteiger partial charge on any atom is -0.360 e. The minimum absolute atomic E-state index is 0.665. The van der Waals surface area contributed by atoms with Gasteiger partial charge in [0, 0.05) is 11.4 Å². The van der Waals surface area contributed by atoms with Gasteiger partial charge in [0.15, 0.2) is 0 Å². The van der Waals surface area contributed by atoms with Crippen molar-refractivity contribution in [1.29, 1.82) is 0 Å². The fourth-order valence-electron chi connectivity index (χ4n) is 1.73. The lowest BCUT2D eigenvalue weighted by molar-refractivity contribution is 0.646. The van der Waals surface area contributed by atoms with Crippen LogP contribution in [-0.2, 0) is 6.42 Å². The van der Waals surface area contributed by atoms with E-state index in [4.69, 9.17) is 0 Å². The van der Waals surface area contributed by atoms with Gasteiger partial charge in [-0.15, -0.1) is 0 Å². The van der Waals surface area contributed by atoms with Crippen LogP contribution >= 0.6 is 0 Å². The van der Waals surface area contributed by atoms with Crippen LogP contribution in [0.3, 0.4) is 0 Å². The SMILES string of the molecule is C=Cc1cc(NC(=C)C)ccc1CC(C)C. The molecular formula is C15H21N. The summed E-state index contributed by atoms with van der Waals surface area (Å²) in [6, 6.07) is 6.39. The highest BCUT2D eigenvalue weighted by Crippen LogP contribution is 2.20. The maximum absolute atomic E-state index is 3.87. The summed E-state index contributed by atoms with van der Waals surface area (Å²) in [7, 11) is 0. The predicted octanol–water partition coefficient (Wildman–Crippen LogP) is 4.47. The van der Waals surface area contributed by atoms with E-state index in [-0.39, 0.29) is 0 Å². The Morgan fingerprint density at radius 2 is 2.12 bits per heavy atom. The second-order valence-electron chi connectivity index (χ2n) is 4.62. The molecule has 0 bridgehead atoms. The molecular weight excluding hydrogens is 194 g/mol. The molecule has 0 saturated heterocycles. The standard InChI is InChI=1S/C15H21N/c1-6-13-10-15(16-12(4)5)8-7-14(13)9-11(2)3/h6-8,10-11,16H,1,4,9H2,2-3,5H3. The largest absolute Gasteiger partial charge is 0.360 e. The molecule has 0 saturated carbocycles. The van der Waals surface area contributed by atoms with Crippen molar-refractivity contribution < 1.29 is 0 Å². The van der Waals surface area contributed by atoms with Crippen LogP contribution in [0.4, 0.5) is 5.69 Å². The second kappa shape index (κ2) is 5.55. The van der Waals surface area contributed by atoms with E-state index in [1.165, 1.54) is 11.1 Å². The lowest BCUT2D eigenvalue weighted by Crippen LogP contribution is -1.99. The van der Waals surface area contributed by atoms with E-state index in [2.05, 4.69) is 50.5 Å². The van der Waals surface area contributed by atoms with Gasteiger partial charge in [0.1, 0.15) is 0 Å². The van der Waals surface area contributed by atoms with E-state index in [0.29, 0.717) is 5.92 Å². The Labute approximate surface area is 98.9 Å². The molecule has 1 rings (SSSR count). The average molecular weight is 215 g/mol. The fourth-order valence-corrected chi connectivity index (χ4v) is 1.73. The van der Waals surface area contributed by atoms with Gasteiger partial charge in [0.05, 0.1) is 0 Å². The second-order valence-corrected chi connectivity index (χ2v) is 4.62. The third-order valence-corrected chi connectivity index (χ3v) is 2.35. The summed E-state index contributed by atoms with van der Waals surface area (Å²) >= 11 is 0. The number of hydrogen-bond acceptors (Lipinski definition) is 1. The number of hydrogen-bond donors (Lipinski definition) is 1. The van der Waals surface area contributed by atoms with Crippen LogP contribution in [-0.4, -0.2) is 0 Å². The van der Waals surface area contributed by atoms with Crippen molar-refractivity contribution in [2.75, 3.05) is 5.32 Å². The van der Waals surface area contributed by atoms with Gasteiger partial charge in [-0.3, -0.25) is 0 Å². The summed E-state index contributed by atoms with van der Waals surface area (Å²) in [6.07, 6.45) is 3.01. The van der Waals surface area contributed by atoms with Crippen molar-refractivity contribution in [3.63, 3.8) is 0 Å². The van der Waals surface area contributed by atoms with Gasteiger partial charge < -0.3 is 5.32 Å². The smallest absolute Gasteiger partial charge is 0.0387 e. The van der Waals surface area contributed by atoms with E-state index in [1.54, 1.807) is 0 Å². The van der Waals surface area contributed by atoms with Crippen molar-refractivity contribution in [2.45, 2.75) is 27.2 Å². The Kier molecular flexibility index (Phi) is 4.36. The van der Waals surface area contributed by atoms with E-state index >= 15 is 0 Å². The van der Waals surface area contributed by atoms with Crippen LogP contribution in [0.5, 0.6) is 0 Å². The lowest BCUT2D eigenvalue weighted by Gasteiger charge is -2.12. The molecule has 1 N–H and O–H groups in total. The zero-order valence-corrected chi connectivity index (χ0v) is 10.5. The van der Waals surface area contributed by atoms with Crippen LogP contribution in [0.15, 0.2) is 37.1 Å². The van der Waals surface area contributed by atoms with Gasteiger partial charge in [0.2, 0.25) is 0 Å². The molecule has 86 valence electrons. The lowest BCUT2D eigenvalue weighted by atomic mass is 9.97. The molecule has 0 aliphatic heterocycles. The third-order valence-electron chi connectivity index (χ3n) is 2.35. The molecule has 0 unspecified atom stereocenters. The fraction of sp³-hybridized carbons (Fsp3) is 0.333. The van der Waals surface area contributed by atoms with E-state index < -0.39 is 0 Å². The molecule has 0 aliphatic carbocycles. The van der Waals surface area contributed by atoms with E-state index in [9.17, 15) is 0 Å². The maximum Gasteiger partial charge on any atom is 0.0387 e. The number of allylic oxidation sites excluding steroid dienone is 1. The highest BCUT2D eigenvalue weighted by Gasteiger charge is 2.03. The first kappa shape index (κ1) is 12.6. The molecule has 0 aromatic heterocycles. The highest BCUT2D eigenvalue weighted by atomic mass is 14.9. The maximum atomic E-state index is 3.87. The molecule has 0 aliphatic rings. The number of nitrogens with one attached hydrogen (secondary N) is 1. The van der Waals surface area contributed by atoms with E-state index in [1.807, 2.05) is 13.0 Å². The molecule has 0 radical (unpaired) electrons. The van der Waals surface area contributed by atoms with Crippen molar-refractivity contribution in [2.24, 2.45) is 5.92 Å². The first-order valence-electron chi connectivity index (χ1n) is 5.71. The Morgan fingerprint density at radius 1 is 1.44 bits per heavy atom. The zero-order valence-electron chi connectivity index (χ0n) is 10.5. The van der Waals surface area contributed by atoms with Gasteiger partial charge in [-0.2, -0.15) is 0 Å². The van der Waals surface area contributed by atoms with Crippen molar-refractivity contribution in [3.05, 3.63) is 48.2 Å². The van der Waals surface area contributed by atoms with Crippen LogP contribution in [0.1, 0.15) is 31.9 Å². The molecule has 0 spiro atoms. The summed E-state index contributed by atoms with van der Waals surface area (Å²) in [5.74, 6) is 0.665. The number of anilines is 1. The minimum atomic E-state index is 0.665. The number of benzene rings is 1. The summed E-state index contributed by atoms with van der Waals surface area (Å²) in [5.41, 5.74) is 4.60. The van der Waals surface area contributed by atoms with Crippen LogP contribution < -0.4 is 5.32 Å². The van der Waals surface area contributed by atoms with Gasteiger partial charge in [-0.1, -0.05) is 39.1 Å². The van der Waals surface area contributed by atoms with Crippen LogP contribution in [0.2, 0.25) is 0 Å². The summed E-state index contributed by atoms with van der Waals surface area (Å²) in [4.78, 5) is 0. The van der Waals surface area contributed by atoms with Gasteiger partial charge >= 0.3 is 0 Å². The molecule has 0 heterocycles. The van der Waals surface area contributed by atoms with Gasteiger partial charge in [-0.05, 0) is 42.5 Å². The first-order valence-corrected chi connectivity index (χ1v) is 5.71. The Balaban J connectivity index is 2.96. The molecule has 1 nitrogen and oxygen atoms in total. The predicted molar refractivity (Wildman–Crippen MR) is 73.5 cm³/mol. The van der Waals surface area contributed by atoms with Crippen LogP contribution in [0, 0.1) is 5.92 Å². The summed E-state index contributed by atoms with van der Waals surface area (Å²) < 4.78 is 0. The molecule has 0 atom stereocenters.